The van der Waals surface area contributed by atoms with Gasteiger partial charge in [0.25, 0.3) is 0 Å². The molecule has 4 rings (SSSR count). The monoisotopic (exact) mass is 345 g/mol. The molecule has 128 valence electrons. The minimum atomic E-state index is 0.283. The van der Waals surface area contributed by atoms with Gasteiger partial charge < -0.3 is 4.90 Å². The maximum absolute atomic E-state index is 12.5. The normalized spacial score (nSPS) is 24.6. The second-order valence-electron chi connectivity index (χ2n) is 6.83. The largest absolute Gasteiger partial charge is 0.332 e. The van der Waals surface area contributed by atoms with Gasteiger partial charge in [-0.15, -0.1) is 11.3 Å². The van der Waals surface area contributed by atoms with E-state index in [1.165, 1.54) is 5.56 Å². The van der Waals surface area contributed by atoms with Crippen LogP contribution in [0.2, 0.25) is 0 Å². The summed E-state index contributed by atoms with van der Waals surface area (Å²) in [6.07, 6.45) is 6.69. The molecule has 24 heavy (non-hydrogen) atoms. The van der Waals surface area contributed by atoms with E-state index in [-0.39, 0.29) is 5.91 Å². The topological polar surface area (TPSA) is 54.3 Å². The summed E-state index contributed by atoms with van der Waals surface area (Å²) < 4.78 is 1.85. The molecular weight excluding hydrogens is 322 g/mol. The van der Waals surface area contributed by atoms with Gasteiger partial charge in [0.2, 0.25) is 5.91 Å². The maximum Gasteiger partial charge on any atom is 0.223 e. The molecule has 6 nitrogen and oxygen atoms in total. The lowest BCUT2D eigenvalue weighted by molar-refractivity contribution is -0.138. The summed E-state index contributed by atoms with van der Waals surface area (Å²) >= 11 is 1.66. The first-order valence-corrected chi connectivity index (χ1v) is 9.40. The first-order chi connectivity index (χ1) is 11.6. The number of hydrogen-bond donors (Lipinski definition) is 0. The molecule has 0 N–H and O–H groups in total. The molecule has 0 aliphatic carbocycles. The number of fused-ring (bicyclic) bond motifs is 1. The van der Waals surface area contributed by atoms with Crippen LogP contribution in [-0.2, 0) is 24.9 Å². The molecule has 2 aliphatic rings. The van der Waals surface area contributed by atoms with Crippen LogP contribution in [0.15, 0.2) is 17.8 Å². The van der Waals surface area contributed by atoms with Gasteiger partial charge in [0, 0.05) is 55.8 Å². The summed E-state index contributed by atoms with van der Waals surface area (Å²) in [7, 11) is 1.95. The molecule has 0 spiro atoms. The summed E-state index contributed by atoms with van der Waals surface area (Å²) in [6.45, 7) is 4.64. The van der Waals surface area contributed by atoms with Crippen molar-refractivity contribution in [3.63, 3.8) is 0 Å². The van der Waals surface area contributed by atoms with Crippen LogP contribution in [0.5, 0.6) is 0 Å². The summed E-state index contributed by atoms with van der Waals surface area (Å²) in [6, 6.07) is 0.785. The van der Waals surface area contributed by atoms with Gasteiger partial charge in [-0.25, -0.2) is 4.98 Å². The van der Waals surface area contributed by atoms with Crippen LogP contribution in [0.4, 0.5) is 0 Å². The van der Waals surface area contributed by atoms with E-state index in [9.17, 15) is 4.79 Å². The zero-order valence-corrected chi connectivity index (χ0v) is 15.0. The fourth-order valence-corrected chi connectivity index (χ4v) is 4.69. The average Bonchev–Trinajstić information content (AvgIpc) is 3.24. The van der Waals surface area contributed by atoms with Crippen LogP contribution in [0.1, 0.15) is 35.5 Å². The number of hydrogen-bond acceptors (Lipinski definition) is 5. The maximum atomic E-state index is 12.5. The number of carbonyl (C=O) groups is 1. The van der Waals surface area contributed by atoms with Crippen molar-refractivity contribution in [1.82, 2.24) is 24.6 Å². The molecule has 2 aliphatic heterocycles. The molecule has 0 unspecified atom stereocenters. The zero-order valence-electron chi connectivity index (χ0n) is 14.2. The van der Waals surface area contributed by atoms with Gasteiger partial charge in [-0.2, -0.15) is 5.10 Å². The Balaban J connectivity index is 1.48. The molecule has 0 aromatic carbocycles. The van der Waals surface area contributed by atoms with Crippen LogP contribution in [0, 0.1) is 6.92 Å². The molecule has 4 heterocycles. The number of amides is 1. The van der Waals surface area contributed by atoms with E-state index < -0.39 is 0 Å². The Morgan fingerprint density at radius 3 is 2.88 bits per heavy atom. The van der Waals surface area contributed by atoms with E-state index in [2.05, 4.69) is 31.5 Å². The summed E-state index contributed by atoms with van der Waals surface area (Å²) in [5.74, 6) is 0.283. The quantitative estimate of drug-likeness (QED) is 0.850. The van der Waals surface area contributed by atoms with Crippen LogP contribution >= 0.6 is 11.3 Å². The standard InChI is InChI=1S/C17H23N5OS/c1-12-19-14(11-24-12)10-22-16-5-6-21(15(16)3-4-17(22)23)9-13-7-18-20(2)8-13/h7-8,11,15-16H,3-6,9-10H2,1-2H3/t15-,16-/m1/s1. The molecule has 7 heteroatoms. The van der Waals surface area contributed by atoms with Crippen molar-refractivity contribution in [2.24, 2.45) is 7.05 Å². The van der Waals surface area contributed by atoms with Gasteiger partial charge in [0.05, 0.1) is 23.4 Å². The first-order valence-electron chi connectivity index (χ1n) is 8.52. The van der Waals surface area contributed by atoms with Gasteiger partial charge in [-0.05, 0) is 19.8 Å². The number of likely N-dealkylation sites (tertiary alicyclic amines) is 2. The van der Waals surface area contributed by atoms with Gasteiger partial charge in [-0.3, -0.25) is 14.4 Å². The number of aromatic nitrogens is 3. The van der Waals surface area contributed by atoms with Crippen molar-refractivity contribution in [3.05, 3.63) is 34.0 Å². The summed E-state index contributed by atoms with van der Waals surface area (Å²) in [4.78, 5) is 21.6. The highest BCUT2D eigenvalue weighted by atomic mass is 32.1. The second kappa shape index (κ2) is 6.29. The minimum absolute atomic E-state index is 0.283. The van der Waals surface area contributed by atoms with Gasteiger partial charge in [0.15, 0.2) is 0 Å². The van der Waals surface area contributed by atoms with Crippen LogP contribution in [0.25, 0.3) is 0 Å². The first kappa shape index (κ1) is 15.8. The minimum Gasteiger partial charge on any atom is -0.332 e. The molecule has 2 aromatic heterocycles. The highest BCUT2D eigenvalue weighted by Crippen LogP contribution is 2.33. The lowest BCUT2D eigenvalue weighted by atomic mass is 9.96. The average molecular weight is 345 g/mol. The fraction of sp³-hybridized carbons (Fsp3) is 0.588. The van der Waals surface area contributed by atoms with Crippen molar-refractivity contribution < 1.29 is 4.79 Å². The Morgan fingerprint density at radius 2 is 2.17 bits per heavy atom. The van der Waals surface area contributed by atoms with E-state index in [0.717, 1.165) is 36.6 Å². The number of rotatable bonds is 4. The van der Waals surface area contributed by atoms with Crippen LogP contribution < -0.4 is 0 Å². The molecule has 0 bridgehead atoms. The Kier molecular flexibility index (Phi) is 4.14. The van der Waals surface area contributed by atoms with Gasteiger partial charge >= 0.3 is 0 Å². The molecular formula is C17H23N5OS. The summed E-state index contributed by atoms with van der Waals surface area (Å²) in [5.41, 5.74) is 2.27. The predicted octanol–water partition coefficient (Wildman–Crippen LogP) is 1.95. The van der Waals surface area contributed by atoms with Crippen molar-refractivity contribution in [2.75, 3.05) is 6.54 Å². The molecule has 2 atom stereocenters. The second-order valence-corrected chi connectivity index (χ2v) is 7.90. The third-order valence-corrected chi connectivity index (χ3v) is 5.97. The number of carbonyl (C=O) groups excluding carboxylic acids is 1. The van der Waals surface area contributed by atoms with Crippen molar-refractivity contribution in [2.45, 2.75) is 51.4 Å². The van der Waals surface area contributed by atoms with Crippen LogP contribution in [-0.4, -0.2) is 49.1 Å². The number of aryl methyl sites for hydroxylation is 2. The lowest BCUT2D eigenvalue weighted by Crippen LogP contribution is -2.51. The lowest BCUT2D eigenvalue weighted by Gasteiger charge is -2.39. The Labute approximate surface area is 146 Å². The predicted molar refractivity (Wildman–Crippen MR) is 92.4 cm³/mol. The van der Waals surface area contributed by atoms with E-state index in [1.807, 2.05) is 24.9 Å². The Hall–Kier alpha value is -1.73. The Bertz CT molecular complexity index is 739. The smallest absolute Gasteiger partial charge is 0.223 e. The molecule has 0 radical (unpaired) electrons. The van der Waals surface area contributed by atoms with Gasteiger partial charge in [-0.1, -0.05) is 0 Å². The van der Waals surface area contributed by atoms with E-state index in [1.54, 1.807) is 11.3 Å². The Morgan fingerprint density at radius 1 is 1.29 bits per heavy atom. The van der Waals surface area contributed by atoms with Crippen molar-refractivity contribution in [1.29, 1.82) is 0 Å². The fourth-order valence-electron chi connectivity index (χ4n) is 4.08. The third kappa shape index (κ3) is 2.98. The van der Waals surface area contributed by atoms with E-state index in [0.29, 0.717) is 25.0 Å². The van der Waals surface area contributed by atoms with Crippen molar-refractivity contribution >= 4 is 17.2 Å². The van der Waals surface area contributed by atoms with E-state index in [4.69, 9.17) is 0 Å². The summed E-state index contributed by atoms with van der Waals surface area (Å²) in [5, 5.41) is 7.41. The van der Waals surface area contributed by atoms with E-state index >= 15 is 0 Å². The molecule has 2 fully saturated rings. The number of thiazole rings is 1. The molecule has 0 saturated carbocycles. The van der Waals surface area contributed by atoms with Gasteiger partial charge in [0.1, 0.15) is 0 Å². The number of nitrogens with zero attached hydrogens (tertiary/aromatic N) is 5. The van der Waals surface area contributed by atoms with Crippen molar-refractivity contribution in [3.8, 4) is 0 Å². The third-order valence-electron chi connectivity index (χ3n) is 5.14. The molecule has 2 saturated heterocycles. The highest BCUT2D eigenvalue weighted by molar-refractivity contribution is 7.09. The molecule has 2 aromatic rings. The van der Waals surface area contributed by atoms with Crippen LogP contribution in [0.3, 0.4) is 0 Å². The SMILES string of the molecule is Cc1nc(CN2C(=O)CC[C@@H]3[C@H]2CCN3Cc2cnn(C)c2)cs1. The number of piperidine rings is 1. The highest BCUT2D eigenvalue weighted by Gasteiger charge is 2.43. The molecule has 1 amide bonds. The zero-order chi connectivity index (χ0) is 16.7.